The lowest BCUT2D eigenvalue weighted by Crippen LogP contribution is -2.08. The van der Waals surface area contributed by atoms with E-state index in [1.165, 1.54) is 11.3 Å². The minimum Gasteiger partial charge on any atom is -0.363 e. The van der Waals surface area contributed by atoms with Crippen molar-refractivity contribution in [1.82, 2.24) is 19.6 Å². The van der Waals surface area contributed by atoms with E-state index in [-0.39, 0.29) is 0 Å². The Morgan fingerprint density at radius 2 is 2.22 bits per heavy atom. The number of nitrogens with one attached hydrogen (secondary N) is 1. The molecule has 0 spiro atoms. The van der Waals surface area contributed by atoms with Crippen LogP contribution >= 0.6 is 0 Å². The van der Waals surface area contributed by atoms with Crippen LogP contribution in [-0.4, -0.2) is 19.6 Å². The van der Waals surface area contributed by atoms with Gasteiger partial charge >= 0.3 is 0 Å². The highest BCUT2D eigenvalue weighted by molar-refractivity contribution is 5.34. The van der Waals surface area contributed by atoms with Crippen LogP contribution in [0.2, 0.25) is 0 Å². The normalized spacial score (nSPS) is 12.7. The quantitative estimate of drug-likeness (QED) is 0.883. The molecule has 0 saturated heterocycles. The van der Waals surface area contributed by atoms with Crippen LogP contribution in [0.4, 0.5) is 5.82 Å². The first kappa shape index (κ1) is 12.7. The molecule has 1 N–H and O–H groups in total. The monoisotopic (exact) mass is 247 g/mol. The lowest BCUT2D eigenvalue weighted by Gasteiger charge is -2.09. The van der Waals surface area contributed by atoms with Crippen LogP contribution in [-0.2, 0) is 13.6 Å². The Labute approximate surface area is 108 Å². The summed E-state index contributed by atoms with van der Waals surface area (Å²) in [6.07, 6.45) is 4.99. The van der Waals surface area contributed by atoms with Crippen molar-refractivity contribution in [2.24, 2.45) is 7.05 Å². The molecular formula is C13H21N5. The maximum atomic E-state index is 4.52. The number of nitrogens with zero attached hydrogens (tertiary/aromatic N) is 4. The van der Waals surface area contributed by atoms with E-state index in [4.69, 9.17) is 0 Å². The molecule has 98 valence electrons. The second kappa shape index (κ2) is 5.25. The van der Waals surface area contributed by atoms with Gasteiger partial charge in [-0.1, -0.05) is 6.92 Å². The number of anilines is 1. The van der Waals surface area contributed by atoms with Crippen LogP contribution in [0.1, 0.15) is 37.6 Å². The molecule has 18 heavy (non-hydrogen) atoms. The summed E-state index contributed by atoms with van der Waals surface area (Å²) in [5, 5.41) is 12.1. The molecule has 2 rings (SSSR count). The molecule has 1 atom stereocenters. The molecule has 0 aliphatic heterocycles. The largest absolute Gasteiger partial charge is 0.363 e. The maximum absolute atomic E-state index is 4.52. The average Bonchev–Trinajstić information content (AvgIpc) is 2.95. The van der Waals surface area contributed by atoms with Gasteiger partial charge in [-0.25, -0.2) is 0 Å². The van der Waals surface area contributed by atoms with E-state index < -0.39 is 0 Å². The van der Waals surface area contributed by atoms with E-state index in [0.717, 1.165) is 18.8 Å². The van der Waals surface area contributed by atoms with Crippen molar-refractivity contribution < 1.29 is 0 Å². The maximum Gasteiger partial charge on any atom is 0.148 e. The van der Waals surface area contributed by atoms with Gasteiger partial charge in [0.25, 0.3) is 0 Å². The van der Waals surface area contributed by atoms with Gasteiger partial charge in [-0.3, -0.25) is 9.36 Å². The summed E-state index contributed by atoms with van der Waals surface area (Å²) in [6.45, 7) is 7.15. The first-order valence-electron chi connectivity index (χ1n) is 6.38. The van der Waals surface area contributed by atoms with Crippen LogP contribution in [0.15, 0.2) is 18.5 Å². The Hall–Kier alpha value is -1.78. The van der Waals surface area contributed by atoms with Crippen molar-refractivity contribution in [2.75, 3.05) is 5.32 Å². The van der Waals surface area contributed by atoms with Crippen LogP contribution in [0.25, 0.3) is 0 Å². The van der Waals surface area contributed by atoms with Gasteiger partial charge in [-0.2, -0.15) is 10.2 Å². The highest BCUT2D eigenvalue weighted by Gasteiger charge is 2.07. The zero-order valence-corrected chi connectivity index (χ0v) is 11.5. The fraction of sp³-hybridized carbons (Fsp3) is 0.538. The minimum absolute atomic E-state index is 0.444. The van der Waals surface area contributed by atoms with Crippen molar-refractivity contribution in [1.29, 1.82) is 0 Å². The molecule has 0 amide bonds. The SMILES string of the molecule is CCC(C)n1ccc(NCc2c(C)cnn2C)n1. The summed E-state index contributed by atoms with van der Waals surface area (Å²) >= 11 is 0. The van der Waals surface area contributed by atoms with E-state index in [1.807, 2.05) is 34.9 Å². The van der Waals surface area contributed by atoms with Gasteiger partial charge in [0.2, 0.25) is 0 Å². The Kier molecular flexibility index (Phi) is 3.69. The van der Waals surface area contributed by atoms with Gasteiger partial charge in [-0.15, -0.1) is 0 Å². The van der Waals surface area contributed by atoms with E-state index >= 15 is 0 Å². The van der Waals surface area contributed by atoms with E-state index in [0.29, 0.717) is 6.04 Å². The summed E-state index contributed by atoms with van der Waals surface area (Å²) in [7, 11) is 1.96. The van der Waals surface area contributed by atoms with Crippen molar-refractivity contribution in [2.45, 2.75) is 39.8 Å². The topological polar surface area (TPSA) is 47.7 Å². The highest BCUT2D eigenvalue weighted by Crippen LogP contribution is 2.13. The molecule has 2 aromatic heterocycles. The number of aromatic nitrogens is 4. The molecule has 0 aromatic carbocycles. The lowest BCUT2D eigenvalue weighted by molar-refractivity contribution is 0.479. The predicted molar refractivity (Wildman–Crippen MR) is 72.5 cm³/mol. The number of rotatable bonds is 5. The summed E-state index contributed by atoms with van der Waals surface area (Å²) < 4.78 is 3.90. The third kappa shape index (κ3) is 2.55. The minimum atomic E-state index is 0.444. The van der Waals surface area contributed by atoms with Crippen molar-refractivity contribution in [3.05, 3.63) is 29.7 Å². The molecule has 2 aromatic rings. The Morgan fingerprint density at radius 3 is 2.83 bits per heavy atom. The van der Waals surface area contributed by atoms with E-state index in [1.54, 1.807) is 0 Å². The molecule has 0 aliphatic rings. The summed E-state index contributed by atoms with van der Waals surface area (Å²) in [5.41, 5.74) is 2.39. The Morgan fingerprint density at radius 1 is 1.44 bits per heavy atom. The van der Waals surface area contributed by atoms with Gasteiger partial charge < -0.3 is 5.32 Å². The zero-order valence-electron chi connectivity index (χ0n) is 11.5. The molecular weight excluding hydrogens is 226 g/mol. The first-order valence-corrected chi connectivity index (χ1v) is 6.38. The molecule has 1 unspecified atom stereocenters. The smallest absolute Gasteiger partial charge is 0.148 e. The van der Waals surface area contributed by atoms with Gasteiger partial charge in [0.15, 0.2) is 0 Å². The van der Waals surface area contributed by atoms with Crippen molar-refractivity contribution in [3.8, 4) is 0 Å². The standard InChI is InChI=1S/C13H21N5/c1-5-11(3)18-7-6-13(16-18)14-9-12-10(2)8-15-17(12)4/h6-8,11H,5,9H2,1-4H3,(H,14,16). The molecule has 5 heteroatoms. The summed E-state index contributed by atoms with van der Waals surface area (Å²) in [6, 6.07) is 2.46. The highest BCUT2D eigenvalue weighted by atomic mass is 15.3. The summed E-state index contributed by atoms with van der Waals surface area (Å²) in [5.74, 6) is 0.913. The fourth-order valence-corrected chi connectivity index (χ4v) is 1.87. The van der Waals surface area contributed by atoms with Gasteiger partial charge in [0, 0.05) is 25.4 Å². The number of hydrogen-bond donors (Lipinski definition) is 1. The van der Waals surface area contributed by atoms with E-state index in [2.05, 4.69) is 36.3 Å². The molecule has 0 radical (unpaired) electrons. The average molecular weight is 247 g/mol. The van der Waals surface area contributed by atoms with Crippen molar-refractivity contribution in [3.63, 3.8) is 0 Å². The molecule has 0 aliphatic carbocycles. The molecule has 0 saturated carbocycles. The number of hydrogen-bond acceptors (Lipinski definition) is 3. The van der Waals surface area contributed by atoms with Gasteiger partial charge in [-0.05, 0) is 25.8 Å². The van der Waals surface area contributed by atoms with Gasteiger partial charge in [0.05, 0.1) is 18.4 Å². The van der Waals surface area contributed by atoms with E-state index in [9.17, 15) is 0 Å². The molecule has 0 fully saturated rings. The Balaban J connectivity index is 2.00. The van der Waals surface area contributed by atoms with Crippen LogP contribution in [0.3, 0.4) is 0 Å². The Bertz CT molecular complexity index is 492. The van der Waals surface area contributed by atoms with Gasteiger partial charge in [0.1, 0.15) is 5.82 Å². The van der Waals surface area contributed by atoms with Crippen LogP contribution in [0.5, 0.6) is 0 Å². The lowest BCUT2D eigenvalue weighted by atomic mass is 10.3. The summed E-state index contributed by atoms with van der Waals surface area (Å²) in [4.78, 5) is 0. The fourth-order valence-electron chi connectivity index (χ4n) is 1.87. The third-order valence-electron chi connectivity index (χ3n) is 3.36. The second-order valence-corrected chi connectivity index (χ2v) is 4.69. The van der Waals surface area contributed by atoms with Crippen molar-refractivity contribution >= 4 is 5.82 Å². The zero-order chi connectivity index (χ0) is 13.1. The second-order valence-electron chi connectivity index (χ2n) is 4.69. The molecule has 5 nitrogen and oxygen atoms in total. The van der Waals surface area contributed by atoms with Crippen LogP contribution < -0.4 is 5.32 Å². The van der Waals surface area contributed by atoms with Crippen LogP contribution in [0, 0.1) is 6.92 Å². The third-order valence-corrected chi connectivity index (χ3v) is 3.36. The molecule has 2 heterocycles. The molecule has 0 bridgehead atoms. The predicted octanol–water partition coefficient (Wildman–Crippen LogP) is 2.51. The number of aryl methyl sites for hydroxylation is 2. The first-order chi connectivity index (χ1) is 8.61.